The second-order valence-corrected chi connectivity index (χ2v) is 6.87. The molecule has 4 aromatic rings. The lowest BCUT2D eigenvalue weighted by molar-refractivity contribution is 0.102. The van der Waals surface area contributed by atoms with Gasteiger partial charge in [0.2, 0.25) is 0 Å². The zero-order valence-electron chi connectivity index (χ0n) is 15.9. The van der Waals surface area contributed by atoms with Crippen LogP contribution < -0.4 is 14.8 Å². The molecule has 0 unspecified atom stereocenters. The number of carbonyl (C=O) groups is 1. The standard InChI is InChI=1S/C23H19N3O3/c1-26-19-5-3-2-4-18(19)25-22(26)15-6-9-17(10-7-15)24-23(27)16-8-11-20-21(14-16)29-13-12-28-20/h2-11,14H,12-13H2,1H3,(H,24,27). The summed E-state index contributed by atoms with van der Waals surface area (Å²) in [4.78, 5) is 17.3. The van der Waals surface area contributed by atoms with Crippen LogP contribution in [0.1, 0.15) is 10.4 Å². The number of nitrogens with zero attached hydrogens (tertiary/aromatic N) is 2. The fraction of sp³-hybridized carbons (Fsp3) is 0.130. The Morgan fingerprint density at radius 2 is 1.72 bits per heavy atom. The first-order valence-electron chi connectivity index (χ1n) is 9.42. The SMILES string of the molecule is Cn1c(-c2ccc(NC(=O)c3ccc4c(c3)OCCO4)cc2)nc2ccccc21. The zero-order chi connectivity index (χ0) is 19.8. The Labute approximate surface area is 167 Å². The molecule has 0 saturated heterocycles. The van der Waals surface area contributed by atoms with Crippen LogP contribution in [0.2, 0.25) is 0 Å². The summed E-state index contributed by atoms with van der Waals surface area (Å²) >= 11 is 0. The maximum Gasteiger partial charge on any atom is 0.255 e. The van der Waals surface area contributed by atoms with Crippen LogP contribution in [0.4, 0.5) is 5.69 Å². The van der Waals surface area contributed by atoms with E-state index in [9.17, 15) is 4.79 Å². The van der Waals surface area contributed by atoms with Crippen LogP contribution >= 0.6 is 0 Å². The first kappa shape index (κ1) is 17.3. The molecule has 144 valence electrons. The number of ether oxygens (including phenoxy) is 2. The molecule has 0 atom stereocenters. The third-order valence-corrected chi connectivity index (χ3v) is 4.99. The summed E-state index contributed by atoms with van der Waals surface area (Å²) in [6.45, 7) is 1.01. The Kier molecular flexibility index (Phi) is 4.17. The number of nitrogens with one attached hydrogen (secondary N) is 1. The fourth-order valence-electron chi connectivity index (χ4n) is 3.49. The molecule has 1 aromatic heterocycles. The predicted molar refractivity (Wildman–Crippen MR) is 112 cm³/mol. The van der Waals surface area contributed by atoms with Gasteiger partial charge in [0.15, 0.2) is 11.5 Å². The number of para-hydroxylation sites is 2. The molecule has 0 saturated carbocycles. The summed E-state index contributed by atoms with van der Waals surface area (Å²) in [6.07, 6.45) is 0. The van der Waals surface area contributed by atoms with E-state index in [0.717, 1.165) is 22.4 Å². The van der Waals surface area contributed by atoms with Gasteiger partial charge in [0.1, 0.15) is 19.0 Å². The number of aromatic nitrogens is 2. The van der Waals surface area contributed by atoms with E-state index < -0.39 is 0 Å². The van der Waals surface area contributed by atoms with Crippen LogP contribution in [0, 0.1) is 0 Å². The molecule has 0 fully saturated rings. The maximum absolute atomic E-state index is 12.6. The third kappa shape index (κ3) is 3.18. The molecule has 2 heterocycles. The number of carbonyl (C=O) groups excluding carboxylic acids is 1. The van der Waals surface area contributed by atoms with Gasteiger partial charge in [-0.3, -0.25) is 4.79 Å². The van der Waals surface area contributed by atoms with E-state index >= 15 is 0 Å². The van der Waals surface area contributed by atoms with Crippen molar-refractivity contribution < 1.29 is 14.3 Å². The smallest absolute Gasteiger partial charge is 0.255 e. The van der Waals surface area contributed by atoms with Crippen molar-refractivity contribution in [3.63, 3.8) is 0 Å². The van der Waals surface area contributed by atoms with E-state index in [2.05, 4.69) is 9.88 Å². The van der Waals surface area contributed by atoms with Crippen molar-refractivity contribution in [2.75, 3.05) is 18.5 Å². The van der Waals surface area contributed by atoms with Gasteiger partial charge >= 0.3 is 0 Å². The molecule has 0 aliphatic carbocycles. The van der Waals surface area contributed by atoms with Gasteiger partial charge in [0, 0.05) is 23.9 Å². The minimum atomic E-state index is -0.197. The van der Waals surface area contributed by atoms with E-state index in [1.807, 2.05) is 55.6 Å². The number of fused-ring (bicyclic) bond motifs is 2. The van der Waals surface area contributed by atoms with E-state index in [0.29, 0.717) is 36.0 Å². The third-order valence-electron chi connectivity index (χ3n) is 4.99. The Bertz CT molecular complexity index is 1210. The topological polar surface area (TPSA) is 65.4 Å². The number of rotatable bonds is 3. The molecule has 1 aliphatic heterocycles. The van der Waals surface area contributed by atoms with Crippen LogP contribution in [0.25, 0.3) is 22.4 Å². The van der Waals surface area contributed by atoms with Gasteiger partial charge < -0.3 is 19.4 Å². The highest BCUT2D eigenvalue weighted by Crippen LogP contribution is 2.31. The number of hydrogen-bond acceptors (Lipinski definition) is 4. The molecule has 0 radical (unpaired) electrons. The number of aryl methyl sites for hydroxylation is 1. The Morgan fingerprint density at radius 3 is 2.52 bits per heavy atom. The number of hydrogen-bond donors (Lipinski definition) is 1. The van der Waals surface area contributed by atoms with Crippen LogP contribution in [0.5, 0.6) is 11.5 Å². The lowest BCUT2D eigenvalue weighted by Crippen LogP contribution is -2.17. The summed E-state index contributed by atoms with van der Waals surface area (Å²) in [5, 5.41) is 2.92. The minimum absolute atomic E-state index is 0.197. The predicted octanol–water partition coefficient (Wildman–Crippen LogP) is 4.26. The van der Waals surface area contributed by atoms with Crippen molar-refractivity contribution in [2.45, 2.75) is 0 Å². The zero-order valence-corrected chi connectivity index (χ0v) is 15.9. The average molecular weight is 385 g/mol. The van der Waals surface area contributed by atoms with E-state index in [1.54, 1.807) is 18.2 Å². The number of amides is 1. The molecular weight excluding hydrogens is 366 g/mol. The van der Waals surface area contributed by atoms with Gasteiger partial charge in [0.05, 0.1) is 11.0 Å². The lowest BCUT2D eigenvalue weighted by Gasteiger charge is -2.18. The van der Waals surface area contributed by atoms with Gasteiger partial charge in [-0.05, 0) is 54.6 Å². The van der Waals surface area contributed by atoms with Crippen molar-refractivity contribution in [3.05, 3.63) is 72.3 Å². The van der Waals surface area contributed by atoms with Crippen molar-refractivity contribution in [1.29, 1.82) is 0 Å². The maximum atomic E-state index is 12.6. The Hall–Kier alpha value is -3.80. The van der Waals surface area contributed by atoms with Gasteiger partial charge in [-0.1, -0.05) is 12.1 Å². The molecule has 0 spiro atoms. The highest BCUT2D eigenvalue weighted by Gasteiger charge is 2.15. The van der Waals surface area contributed by atoms with Crippen molar-refractivity contribution in [2.24, 2.45) is 7.05 Å². The van der Waals surface area contributed by atoms with Crippen molar-refractivity contribution in [1.82, 2.24) is 9.55 Å². The largest absolute Gasteiger partial charge is 0.486 e. The highest BCUT2D eigenvalue weighted by atomic mass is 16.6. The van der Waals surface area contributed by atoms with E-state index in [1.165, 1.54) is 0 Å². The molecule has 0 bridgehead atoms. The normalized spacial score (nSPS) is 12.7. The molecule has 29 heavy (non-hydrogen) atoms. The molecule has 1 N–H and O–H groups in total. The van der Waals surface area contributed by atoms with Crippen molar-refractivity contribution >= 4 is 22.6 Å². The lowest BCUT2D eigenvalue weighted by atomic mass is 10.1. The molecule has 5 rings (SSSR count). The highest BCUT2D eigenvalue weighted by molar-refractivity contribution is 6.04. The molecule has 6 heteroatoms. The Balaban J connectivity index is 1.36. The summed E-state index contributed by atoms with van der Waals surface area (Å²) in [7, 11) is 2.00. The second kappa shape index (κ2) is 6.98. The fourth-order valence-corrected chi connectivity index (χ4v) is 3.49. The quantitative estimate of drug-likeness (QED) is 0.572. The van der Waals surface area contributed by atoms with Crippen LogP contribution in [-0.2, 0) is 7.05 Å². The van der Waals surface area contributed by atoms with Gasteiger partial charge in [-0.15, -0.1) is 0 Å². The van der Waals surface area contributed by atoms with Gasteiger partial charge in [-0.2, -0.15) is 0 Å². The molecule has 3 aromatic carbocycles. The number of anilines is 1. The first-order valence-corrected chi connectivity index (χ1v) is 9.42. The second-order valence-electron chi connectivity index (χ2n) is 6.87. The number of imidazole rings is 1. The monoisotopic (exact) mass is 385 g/mol. The number of benzene rings is 3. The summed E-state index contributed by atoms with van der Waals surface area (Å²) < 4.78 is 13.1. The molecule has 6 nitrogen and oxygen atoms in total. The molecule has 1 aliphatic rings. The van der Waals surface area contributed by atoms with E-state index in [-0.39, 0.29) is 5.91 Å². The van der Waals surface area contributed by atoms with Gasteiger partial charge in [0.25, 0.3) is 5.91 Å². The van der Waals surface area contributed by atoms with Crippen molar-refractivity contribution in [3.8, 4) is 22.9 Å². The minimum Gasteiger partial charge on any atom is -0.486 e. The summed E-state index contributed by atoms with van der Waals surface area (Å²) in [6, 6.07) is 20.9. The van der Waals surface area contributed by atoms with Crippen LogP contribution in [-0.4, -0.2) is 28.7 Å². The summed E-state index contributed by atoms with van der Waals surface area (Å²) in [5.74, 6) is 1.95. The first-order chi connectivity index (χ1) is 14.2. The van der Waals surface area contributed by atoms with E-state index in [4.69, 9.17) is 14.5 Å². The van der Waals surface area contributed by atoms with Crippen LogP contribution in [0.15, 0.2) is 66.7 Å². The molecular formula is C23H19N3O3. The molecule has 1 amide bonds. The van der Waals surface area contributed by atoms with Gasteiger partial charge in [-0.25, -0.2) is 4.98 Å². The summed E-state index contributed by atoms with van der Waals surface area (Å²) in [5.41, 5.74) is 4.27. The average Bonchev–Trinajstić information content (AvgIpc) is 3.10. The Morgan fingerprint density at radius 1 is 0.966 bits per heavy atom. The van der Waals surface area contributed by atoms with Crippen LogP contribution in [0.3, 0.4) is 0 Å².